The van der Waals surface area contributed by atoms with Gasteiger partial charge < -0.3 is 19.3 Å². The van der Waals surface area contributed by atoms with Crippen molar-refractivity contribution in [2.45, 2.75) is 33.7 Å². The van der Waals surface area contributed by atoms with E-state index in [0.717, 1.165) is 16.0 Å². The summed E-state index contributed by atoms with van der Waals surface area (Å²) in [7, 11) is 3.23. The fourth-order valence-electron chi connectivity index (χ4n) is 4.11. The van der Waals surface area contributed by atoms with Crippen molar-refractivity contribution in [2.24, 2.45) is 5.92 Å². The van der Waals surface area contributed by atoms with Crippen LogP contribution in [0.3, 0.4) is 0 Å². The topological polar surface area (TPSA) is 59.1 Å². The molecule has 0 unspecified atom stereocenters. The summed E-state index contributed by atoms with van der Waals surface area (Å²) in [6, 6.07) is 17.6. The maximum absolute atomic E-state index is 13.7. The second-order valence-electron chi connectivity index (χ2n) is 9.64. The van der Waals surface area contributed by atoms with Gasteiger partial charge in [0, 0.05) is 24.0 Å². The van der Waals surface area contributed by atoms with Crippen LogP contribution in [0.5, 0.6) is 11.5 Å². The molecule has 0 bridgehead atoms. The van der Waals surface area contributed by atoms with Gasteiger partial charge in [0.1, 0.15) is 6.54 Å². The monoisotopic (exact) mass is 534 g/mol. The maximum Gasteiger partial charge on any atom is 0.247 e. The van der Waals surface area contributed by atoms with Crippen LogP contribution in [0.2, 0.25) is 0 Å². The third-order valence-electron chi connectivity index (χ3n) is 6.21. The summed E-state index contributed by atoms with van der Waals surface area (Å²) >= 11 is 1.65. The molecule has 3 rings (SSSR count). The minimum absolute atomic E-state index is 0.0342. The van der Waals surface area contributed by atoms with Crippen molar-refractivity contribution < 1.29 is 19.1 Å². The predicted molar refractivity (Wildman–Crippen MR) is 155 cm³/mol. The fourth-order valence-corrected chi connectivity index (χ4v) is 5.03. The summed E-state index contributed by atoms with van der Waals surface area (Å²) in [5.74, 6) is 1.33. The largest absolute Gasteiger partial charge is 0.493 e. The lowest BCUT2D eigenvalue weighted by Gasteiger charge is -2.28. The highest BCUT2D eigenvalue weighted by atomic mass is 32.1. The second-order valence-corrected chi connectivity index (χ2v) is 10.6. The Morgan fingerprint density at radius 3 is 2.34 bits per heavy atom. The van der Waals surface area contributed by atoms with Gasteiger partial charge in [0.25, 0.3) is 0 Å². The van der Waals surface area contributed by atoms with Crippen molar-refractivity contribution in [2.75, 3.05) is 33.9 Å². The Hall–Kier alpha value is -3.58. The highest BCUT2D eigenvalue weighted by Gasteiger charge is 2.22. The van der Waals surface area contributed by atoms with Gasteiger partial charge in [0.15, 0.2) is 11.5 Å². The molecule has 0 radical (unpaired) electrons. The third-order valence-corrected chi connectivity index (χ3v) is 7.22. The van der Waals surface area contributed by atoms with E-state index in [0.29, 0.717) is 37.6 Å². The number of carbonyl (C=O) groups is 2. The van der Waals surface area contributed by atoms with Gasteiger partial charge in [-0.1, -0.05) is 50.2 Å². The lowest BCUT2D eigenvalue weighted by atomic mass is 10.1. The van der Waals surface area contributed by atoms with E-state index in [2.05, 4.69) is 26.8 Å². The van der Waals surface area contributed by atoms with Crippen LogP contribution >= 0.6 is 11.3 Å². The number of hydrogen-bond acceptors (Lipinski definition) is 5. The number of carbonyl (C=O) groups excluding carboxylic acids is 2. The molecule has 0 N–H and O–H groups in total. The van der Waals surface area contributed by atoms with E-state index in [1.54, 1.807) is 42.6 Å². The van der Waals surface area contributed by atoms with Crippen LogP contribution in [0.1, 0.15) is 35.4 Å². The molecule has 0 saturated carbocycles. The van der Waals surface area contributed by atoms with Gasteiger partial charge >= 0.3 is 0 Å². The van der Waals surface area contributed by atoms with E-state index < -0.39 is 0 Å². The molecule has 38 heavy (non-hydrogen) atoms. The lowest BCUT2D eigenvalue weighted by molar-refractivity contribution is -0.138. The average molecular weight is 535 g/mol. The van der Waals surface area contributed by atoms with Gasteiger partial charge in [0.2, 0.25) is 11.8 Å². The molecule has 0 saturated heterocycles. The van der Waals surface area contributed by atoms with E-state index >= 15 is 0 Å². The SMILES string of the molecule is COc1ccc(CCN(Cc2sccc2C)C(=O)CN(CC(C)C)C(=O)C=Cc2ccccc2)cc1OC. The summed E-state index contributed by atoms with van der Waals surface area (Å²) in [6.07, 6.45) is 4.01. The summed E-state index contributed by atoms with van der Waals surface area (Å²) in [6.45, 7) is 7.74. The minimum atomic E-state index is -0.164. The van der Waals surface area contributed by atoms with E-state index in [-0.39, 0.29) is 24.3 Å². The van der Waals surface area contributed by atoms with Gasteiger partial charge in [-0.05, 0) is 65.6 Å². The second kappa shape index (κ2) is 14.4. The molecule has 1 heterocycles. The zero-order chi connectivity index (χ0) is 27.5. The summed E-state index contributed by atoms with van der Waals surface area (Å²) < 4.78 is 10.8. The zero-order valence-corrected chi connectivity index (χ0v) is 23.8. The van der Waals surface area contributed by atoms with Crippen LogP contribution in [0, 0.1) is 12.8 Å². The molecular formula is C31H38N2O4S. The van der Waals surface area contributed by atoms with Crippen LogP contribution < -0.4 is 9.47 Å². The Morgan fingerprint density at radius 1 is 0.974 bits per heavy atom. The average Bonchev–Trinajstić information content (AvgIpc) is 3.33. The third kappa shape index (κ3) is 8.48. The molecule has 0 aliphatic heterocycles. The highest BCUT2D eigenvalue weighted by Crippen LogP contribution is 2.28. The Morgan fingerprint density at radius 2 is 1.71 bits per heavy atom. The first kappa shape index (κ1) is 29.0. The molecule has 0 aliphatic rings. The summed E-state index contributed by atoms with van der Waals surface area (Å²) in [4.78, 5) is 31.5. The Balaban J connectivity index is 1.77. The van der Waals surface area contributed by atoms with Crippen molar-refractivity contribution in [3.8, 4) is 11.5 Å². The van der Waals surface area contributed by atoms with E-state index in [1.165, 1.54) is 5.56 Å². The molecule has 2 aromatic carbocycles. The number of benzene rings is 2. The highest BCUT2D eigenvalue weighted by molar-refractivity contribution is 7.10. The summed E-state index contributed by atoms with van der Waals surface area (Å²) in [5.41, 5.74) is 3.16. The smallest absolute Gasteiger partial charge is 0.247 e. The fraction of sp³-hybridized carbons (Fsp3) is 0.355. The number of amides is 2. The van der Waals surface area contributed by atoms with Gasteiger partial charge in [0.05, 0.1) is 20.8 Å². The number of hydrogen-bond donors (Lipinski definition) is 0. The van der Waals surface area contributed by atoms with Crippen molar-refractivity contribution >= 4 is 29.2 Å². The van der Waals surface area contributed by atoms with Crippen molar-refractivity contribution in [3.05, 3.63) is 87.6 Å². The van der Waals surface area contributed by atoms with E-state index in [9.17, 15) is 9.59 Å². The van der Waals surface area contributed by atoms with Crippen molar-refractivity contribution in [1.29, 1.82) is 0 Å². The number of nitrogens with zero attached hydrogens (tertiary/aromatic N) is 2. The Kier molecular flexibility index (Phi) is 11.0. The maximum atomic E-state index is 13.7. The van der Waals surface area contributed by atoms with Crippen LogP contribution in [0.25, 0.3) is 6.08 Å². The number of aryl methyl sites for hydroxylation is 1. The van der Waals surface area contributed by atoms with E-state index in [1.807, 2.05) is 58.8 Å². The van der Waals surface area contributed by atoms with Gasteiger partial charge in [-0.15, -0.1) is 11.3 Å². The predicted octanol–water partition coefficient (Wildman–Crippen LogP) is 5.84. The quantitative estimate of drug-likeness (QED) is 0.259. The molecular weight excluding hydrogens is 496 g/mol. The van der Waals surface area contributed by atoms with Crippen LogP contribution in [-0.2, 0) is 22.6 Å². The standard InChI is InChI=1S/C31H38N2O4S/c1-23(2)20-33(30(34)14-12-25-9-7-6-8-10-25)22-31(35)32(21-29-24(3)16-18-38-29)17-15-26-11-13-27(36-4)28(19-26)37-5/h6-14,16,18-19,23H,15,17,20-22H2,1-5H3. The summed E-state index contributed by atoms with van der Waals surface area (Å²) in [5, 5.41) is 2.05. The number of methoxy groups -OCH3 is 2. The number of rotatable bonds is 13. The molecule has 0 fully saturated rings. The molecule has 3 aromatic rings. The molecule has 1 aromatic heterocycles. The van der Waals surface area contributed by atoms with Crippen LogP contribution in [0.4, 0.5) is 0 Å². The molecule has 2 amide bonds. The van der Waals surface area contributed by atoms with Crippen molar-refractivity contribution in [1.82, 2.24) is 9.80 Å². The van der Waals surface area contributed by atoms with Gasteiger partial charge in [-0.3, -0.25) is 9.59 Å². The Bertz CT molecular complexity index is 1220. The first-order valence-corrected chi connectivity index (χ1v) is 13.7. The Labute approximate surface area is 230 Å². The molecule has 0 spiro atoms. The first-order chi connectivity index (χ1) is 18.3. The molecule has 0 aliphatic carbocycles. The molecule has 0 atom stereocenters. The number of thiophene rings is 1. The molecule has 202 valence electrons. The van der Waals surface area contributed by atoms with Crippen LogP contribution in [-0.4, -0.2) is 55.5 Å². The van der Waals surface area contributed by atoms with Crippen molar-refractivity contribution in [3.63, 3.8) is 0 Å². The number of ether oxygens (including phenoxy) is 2. The first-order valence-electron chi connectivity index (χ1n) is 12.8. The van der Waals surface area contributed by atoms with E-state index in [4.69, 9.17) is 9.47 Å². The van der Waals surface area contributed by atoms with Gasteiger partial charge in [-0.2, -0.15) is 0 Å². The zero-order valence-electron chi connectivity index (χ0n) is 23.0. The van der Waals surface area contributed by atoms with Gasteiger partial charge in [-0.25, -0.2) is 0 Å². The molecule has 6 nitrogen and oxygen atoms in total. The minimum Gasteiger partial charge on any atom is -0.493 e. The van der Waals surface area contributed by atoms with Crippen LogP contribution in [0.15, 0.2) is 66.1 Å². The lowest BCUT2D eigenvalue weighted by Crippen LogP contribution is -2.44. The normalized spacial score (nSPS) is 11.1. The molecule has 7 heteroatoms.